The molecule has 0 aliphatic heterocycles. The van der Waals surface area contributed by atoms with Crippen molar-refractivity contribution in [2.75, 3.05) is 6.61 Å². The average molecular weight is 260 g/mol. The van der Waals surface area contributed by atoms with E-state index in [4.69, 9.17) is 4.74 Å². The number of rotatable bonds is 5. The Labute approximate surface area is 114 Å². The normalized spacial score (nSPS) is 22.8. The number of carbonyl (C=O) groups is 2. The van der Waals surface area contributed by atoms with Gasteiger partial charge in [0, 0.05) is 11.5 Å². The van der Waals surface area contributed by atoms with E-state index in [-0.39, 0.29) is 5.92 Å². The lowest BCUT2D eigenvalue weighted by Crippen LogP contribution is -2.23. The number of carbonyl (C=O) groups excluding carboxylic acids is 2. The number of ketones is 1. The molecule has 1 aromatic rings. The van der Waals surface area contributed by atoms with Gasteiger partial charge in [-0.2, -0.15) is 0 Å². The standard InChI is InChI=1S/C16H20O3/c1-12(18)15-6-2-14(3-7-15)11-19-16-8-4-13(10-17)5-9-16/h4-5,8-10,14-15H,2-3,6-7,11H2,1H3. The van der Waals surface area contributed by atoms with Gasteiger partial charge in [0.15, 0.2) is 0 Å². The summed E-state index contributed by atoms with van der Waals surface area (Å²) in [5, 5.41) is 0. The molecule has 1 aliphatic rings. The van der Waals surface area contributed by atoms with Crippen LogP contribution < -0.4 is 4.74 Å². The van der Waals surface area contributed by atoms with Gasteiger partial charge in [0.25, 0.3) is 0 Å². The number of hydrogen-bond acceptors (Lipinski definition) is 3. The molecule has 0 atom stereocenters. The first kappa shape index (κ1) is 13.8. The Morgan fingerprint density at radius 1 is 1.21 bits per heavy atom. The lowest BCUT2D eigenvalue weighted by atomic mass is 9.81. The highest BCUT2D eigenvalue weighted by molar-refractivity contribution is 5.78. The van der Waals surface area contributed by atoms with Crippen LogP contribution >= 0.6 is 0 Å². The van der Waals surface area contributed by atoms with Gasteiger partial charge >= 0.3 is 0 Å². The first-order valence-corrected chi connectivity index (χ1v) is 6.87. The second-order valence-electron chi connectivity index (χ2n) is 5.33. The highest BCUT2D eigenvalue weighted by Gasteiger charge is 2.24. The van der Waals surface area contributed by atoms with E-state index in [2.05, 4.69) is 0 Å². The zero-order chi connectivity index (χ0) is 13.7. The third kappa shape index (κ3) is 3.91. The predicted octanol–water partition coefficient (Wildman–Crippen LogP) is 3.27. The molecule has 1 aromatic carbocycles. The van der Waals surface area contributed by atoms with Crippen molar-refractivity contribution in [2.24, 2.45) is 11.8 Å². The minimum atomic E-state index is 0.267. The monoisotopic (exact) mass is 260 g/mol. The van der Waals surface area contributed by atoms with Crippen molar-refractivity contribution in [3.63, 3.8) is 0 Å². The smallest absolute Gasteiger partial charge is 0.150 e. The molecule has 19 heavy (non-hydrogen) atoms. The molecule has 0 bridgehead atoms. The van der Waals surface area contributed by atoms with Gasteiger partial charge in [-0.25, -0.2) is 0 Å². The first-order chi connectivity index (χ1) is 9.19. The zero-order valence-corrected chi connectivity index (χ0v) is 11.3. The first-order valence-electron chi connectivity index (χ1n) is 6.87. The summed E-state index contributed by atoms with van der Waals surface area (Å²) < 4.78 is 5.74. The molecule has 3 nitrogen and oxygen atoms in total. The van der Waals surface area contributed by atoms with Crippen LogP contribution in [0.1, 0.15) is 43.0 Å². The summed E-state index contributed by atoms with van der Waals surface area (Å²) in [6, 6.07) is 7.17. The van der Waals surface area contributed by atoms with E-state index < -0.39 is 0 Å². The summed E-state index contributed by atoms with van der Waals surface area (Å²) >= 11 is 0. The molecular weight excluding hydrogens is 240 g/mol. The summed E-state index contributed by atoms with van der Waals surface area (Å²) in [4.78, 5) is 21.8. The SMILES string of the molecule is CC(=O)C1CCC(COc2ccc(C=O)cc2)CC1. The van der Waals surface area contributed by atoms with Crippen molar-refractivity contribution in [3.8, 4) is 5.75 Å². The Bertz CT molecular complexity index is 428. The van der Waals surface area contributed by atoms with Crippen LogP contribution in [0.4, 0.5) is 0 Å². The molecule has 0 amide bonds. The van der Waals surface area contributed by atoms with E-state index in [1.54, 1.807) is 19.1 Å². The maximum absolute atomic E-state index is 11.3. The lowest BCUT2D eigenvalue weighted by Gasteiger charge is -2.26. The van der Waals surface area contributed by atoms with Crippen LogP contribution in [-0.4, -0.2) is 18.7 Å². The molecule has 1 fully saturated rings. The molecule has 2 rings (SSSR count). The van der Waals surface area contributed by atoms with Crippen LogP contribution in [0, 0.1) is 11.8 Å². The summed E-state index contributed by atoms with van der Waals surface area (Å²) in [7, 11) is 0. The molecule has 0 saturated heterocycles. The molecule has 1 aliphatic carbocycles. The highest BCUT2D eigenvalue weighted by atomic mass is 16.5. The maximum Gasteiger partial charge on any atom is 0.150 e. The van der Waals surface area contributed by atoms with Gasteiger partial charge in [-0.15, -0.1) is 0 Å². The summed E-state index contributed by atoms with van der Waals surface area (Å²) in [6.45, 7) is 2.39. The van der Waals surface area contributed by atoms with Gasteiger partial charge in [0.1, 0.15) is 17.8 Å². The summed E-state index contributed by atoms with van der Waals surface area (Å²) in [6.07, 6.45) is 4.95. The molecule has 102 valence electrons. The van der Waals surface area contributed by atoms with E-state index in [0.717, 1.165) is 37.7 Å². The van der Waals surface area contributed by atoms with E-state index >= 15 is 0 Å². The number of aldehydes is 1. The van der Waals surface area contributed by atoms with Crippen LogP contribution in [0.5, 0.6) is 5.75 Å². The fraction of sp³-hybridized carbons (Fsp3) is 0.500. The fourth-order valence-corrected chi connectivity index (χ4v) is 2.59. The Morgan fingerprint density at radius 2 is 1.84 bits per heavy atom. The Hall–Kier alpha value is -1.64. The molecule has 3 heteroatoms. The largest absolute Gasteiger partial charge is 0.493 e. The second kappa shape index (κ2) is 6.50. The number of Topliss-reactive ketones (excluding diaryl/α,β-unsaturated/α-hetero) is 1. The van der Waals surface area contributed by atoms with Gasteiger partial charge in [-0.05, 0) is 62.8 Å². The third-order valence-electron chi connectivity index (χ3n) is 3.92. The quantitative estimate of drug-likeness (QED) is 0.763. The van der Waals surface area contributed by atoms with E-state index in [0.29, 0.717) is 23.9 Å². The van der Waals surface area contributed by atoms with Gasteiger partial charge < -0.3 is 4.74 Å². The van der Waals surface area contributed by atoms with Gasteiger partial charge in [-0.3, -0.25) is 9.59 Å². The topological polar surface area (TPSA) is 43.4 Å². The van der Waals surface area contributed by atoms with E-state index in [1.807, 2.05) is 12.1 Å². The molecular formula is C16H20O3. The van der Waals surface area contributed by atoms with Crippen molar-refractivity contribution in [1.82, 2.24) is 0 Å². The van der Waals surface area contributed by atoms with Gasteiger partial charge in [0.05, 0.1) is 6.61 Å². The van der Waals surface area contributed by atoms with Gasteiger partial charge in [-0.1, -0.05) is 0 Å². The zero-order valence-electron chi connectivity index (χ0n) is 11.3. The highest BCUT2D eigenvalue weighted by Crippen LogP contribution is 2.29. The van der Waals surface area contributed by atoms with Crippen LogP contribution in [-0.2, 0) is 4.79 Å². The molecule has 0 spiro atoms. The van der Waals surface area contributed by atoms with Crippen molar-refractivity contribution in [3.05, 3.63) is 29.8 Å². The van der Waals surface area contributed by atoms with Crippen molar-refractivity contribution in [1.29, 1.82) is 0 Å². The predicted molar refractivity (Wildman–Crippen MR) is 73.5 cm³/mol. The minimum Gasteiger partial charge on any atom is -0.493 e. The summed E-state index contributed by atoms with van der Waals surface area (Å²) in [5.74, 6) is 1.94. The Kier molecular flexibility index (Phi) is 4.72. The Balaban J connectivity index is 1.77. The number of ether oxygens (including phenoxy) is 1. The molecule has 0 radical (unpaired) electrons. The molecule has 1 saturated carbocycles. The van der Waals surface area contributed by atoms with Crippen molar-refractivity contribution >= 4 is 12.1 Å². The fourth-order valence-electron chi connectivity index (χ4n) is 2.59. The second-order valence-corrected chi connectivity index (χ2v) is 5.33. The Morgan fingerprint density at radius 3 is 2.37 bits per heavy atom. The molecule has 0 N–H and O–H groups in total. The lowest BCUT2D eigenvalue weighted by molar-refractivity contribution is -0.121. The van der Waals surface area contributed by atoms with E-state index in [1.165, 1.54) is 0 Å². The van der Waals surface area contributed by atoms with Crippen molar-refractivity contribution in [2.45, 2.75) is 32.6 Å². The molecule has 0 heterocycles. The minimum absolute atomic E-state index is 0.267. The average Bonchev–Trinajstić information content (AvgIpc) is 2.46. The van der Waals surface area contributed by atoms with Crippen LogP contribution in [0.25, 0.3) is 0 Å². The number of hydrogen-bond donors (Lipinski definition) is 0. The summed E-state index contributed by atoms with van der Waals surface area (Å²) in [5.41, 5.74) is 0.661. The number of benzene rings is 1. The van der Waals surface area contributed by atoms with Crippen LogP contribution in [0.15, 0.2) is 24.3 Å². The van der Waals surface area contributed by atoms with Crippen molar-refractivity contribution < 1.29 is 14.3 Å². The maximum atomic E-state index is 11.3. The van der Waals surface area contributed by atoms with Gasteiger partial charge in [0.2, 0.25) is 0 Å². The molecule has 0 aromatic heterocycles. The van der Waals surface area contributed by atoms with Crippen LogP contribution in [0.2, 0.25) is 0 Å². The third-order valence-corrected chi connectivity index (χ3v) is 3.92. The van der Waals surface area contributed by atoms with Crippen LogP contribution in [0.3, 0.4) is 0 Å². The van der Waals surface area contributed by atoms with E-state index in [9.17, 15) is 9.59 Å². The molecule has 0 unspecified atom stereocenters.